The number of para-hydroxylation sites is 2. The largest absolute Gasteiger partial charge is 2.00 e. The fourth-order valence-corrected chi connectivity index (χ4v) is 5.26. The molecule has 0 aliphatic carbocycles. The normalized spacial score (nSPS) is 11.0. The first-order chi connectivity index (χ1) is 20.9. The van der Waals surface area contributed by atoms with Crippen LogP contribution < -0.4 is 9.84 Å². The van der Waals surface area contributed by atoms with Crippen molar-refractivity contribution in [1.82, 2.24) is 9.97 Å². The van der Waals surface area contributed by atoms with E-state index < -0.39 is 10.0 Å². The molecule has 4 aromatic carbocycles. The maximum Gasteiger partial charge on any atom is 2.00 e. The Hall–Kier alpha value is -4.76. The predicted molar refractivity (Wildman–Crippen MR) is 169 cm³/mol. The summed E-state index contributed by atoms with van der Waals surface area (Å²) in [7, 11) is -3.89. The molecule has 0 saturated carbocycles. The van der Waals surface area contributed by atoms with Gasteiger partial charge < -0.3 is 14.6 Å². The molecule has 0 unspecified atom stereocenters. The maximum atomic E-state index is 12.6. The number of aromatic nitrogens is 2. The van der Waals surface area contributed by atoms with E-state index >= 15 is 0 Å². The quantitative estimate of drug-likeness (QED) is 0.101. The van der Waals surface area contributed by atoms with Crippen LogP contribution >= 0.6 is 0 Å². The molecule has 0 bridgehead atoms. The van der Waals surface area contributed by atoms with Crippen LogP contribution in [0.15, 0.2) is 125 Å². The third-order valence-corrected chi connectivity index (χ3v) is 7.72. The van der Waals surface area contributed by atoms with Crippen molar-refractivity contribution in [2.45, 2.75) is 18.7 Å². The third kappa shape index (κ3) is 7.60. The van der Waals surface area contributed by atoms with E-state index in [1.54, 1.807) is 73.9 Å². The van der Waals surface area contributed by atoms with Crippen molar-refractivity contribution in [1.29, 1.82) is 0 Å². The van der Waals surface area contributed by atoms with Gasteiger partial charge in [-0.25, -0.2) is 8.42 Å². The number of pyridine rings is 2. The minimum absolute atomic E-state index is 0. The van der Waals surface area contributed by atoms with Crippen molar-refractivity contribution < 1.29 is 35.3 Å². The predicted octanol–water partition coefficient (Wildman–Crippen LogP) is 7.39. The van der Waals surface area contributed by atoms with Crippen LogP contribution in [0.25, 0.3) is 26.5 Å². The van der Waals surface area contributed by atoms with Gasteiger partial charge in [0.25, 0.3) is 0 Å². The van der Waals surface area contributed by atoms with E-state index in [9.17, 15) is 13.5 Å². The second kappa shape index (κ2) is 14.6. The topological polar surface area (TPSA) is 119 Å². The van der Waals surface area contributed by atoms with E-state index in [-0.39, 0.29) is 39.2 Å². The Balaban J connectivity index is 0.000000244. The molecule has 0 N–H and O–H groups in total. The minimum atomic E-state index is -3.89. The molecule has 1 radical (unpaired) electrons. The maximum absolute atomic E-state index is 12.6. The molecule has 0 atom stereocenters. The molecular formula is C34H28CuN4O4S. The summed E-state index contributed by atoms with van der Waals surface area (Å²) in [6.07, 6.45) is 4.99. The van der Waals surface area contributed by atoms with E-state index in [2.05, 4.69) is 43.9 Å². The summed E-state index contributed by atoms with van der Waals surface area (Å²) in [6.45, 7) is 4.06. The van der Waals surface area contributed by atoms with Crippen LogP contribution in [0.1, 0.15) is 18.1 Å². The van der Waals surface area contributed by atoms with E-state index in [1.165, 1.54) is 18.3 Å². The number of fused-ring (bicyclic) bond motifs is 3. The number of hydrogen-bond acceptors (Lipinski definition) is 7. The molecule has 8 nitrogen and oxygen atoms in total. The van der Waals surface area contributed by atoms with Gasteiger partial charge in [-0.05, 0) is 55.8 Å². The SMILES string of the molecule is CCOc1cccc(C=Nc2ccccc2[N-]S(=O)(=O)c2ccc(C)cc2)c1[O-].[Cu+2].c1cnc2c(c1)ccc1cccnc12. The fourth-order valence-electron chi connectivity index (χ4n) is 4.27. The van der Waals surface area contributed by atoms with Crippen molar-refractivity contribution in [3.8, 4) is 11.5 Å². The molecule has 2 heterocycles. The third-order valence-electron chi connectivity index (χ3n) is 6.42. The molecular weight excluding hydrogens is 624 g/mol. The molecule has 225 valence electrons. The Labute approximate surface area is 267 Å². The van der Waals surface area contributed by atoms with Gasteiger partial charge in [0, 0.05) is 35.1 Å². The van der Waals surface area contributed by atoms with Crippen molar-refractivity contribution in [2.75, 3.05) is 6.61 Å². The average Bonchev–Trinajstić information content (AvgIpc) is 3.02. The summed E-state index contributed by atoms with van der Waals surface area (Å²) in [6, 6.07) is 30.1. The van der Waals surface area contributed by atoms with Crippen molar-refractivity contribution in [3.05, 3.63) is 131 Å². The average molecular weight is 652 g/mol. The molecule has 6 rings (SSSR count). The number of benzene rings is 4. The van der Waals surface area contributed by atoms with Crippen LogP contribution in [0.2, 0.25) is 0 Å². The summed E-state index contributed by atoms with van der Waals surface area (Å²) in [4.78, 5) is 13.1. The van der Waals surface area contributed by atoms with E-state index in [0.29, 0.717) is 17.9 Å². The van der Waals surface area contributed by atoms with Crippen LogP contribution in [0, 0.1) is 6.92 Å². The van der Waals surface area contributed by atoms with Gasteiger partial charge in [0.15, 0.2) is 0 Å². The van der Waals surface area contributed by atoms with E-state index in [1.807, 2.05) is 19.1 Å². The molecule has 0 aliphatic heterocycles. The molecule has 0 spiro atoms. The van der Waals surface area contributed by atoms with Crippen LogP contribution in [0.5, 0.6) is 11.5 Å². The molecule has 0 aliphatic rings. The number of aliphatic imine (C=N–C) groups is 1. The Morgan fingerprint density at radius 1 is 0.818 bits per heavy atom. The van der Waals surface area contributed by atoms with Crippen molar-refractivity contribution >= 4 is 49.4 Å². The molecule has 6 aromatic rings. The fraction of sp³-hybridized carbons (Fsp3) is 0.0882. The Morgan fingerprint density at radius 2 is 1.45 bits per heavy atom. The minimum Gasteiger partial charge on any atom is -0.870 e. The summed E-state index contributed by atoms with van der Waals surface area (Å²) < 4.78 is 34.5. The number of hydrogen-bond donors (Lipinski definition) is 0. The monoisotopic (exact) mass is 651 g/mol. The second-order valence-corrected chi connectivity index (χ2v) is 11.1. The van der Waals surface area contributed by atoms with E-state index in [0.717, 1.165) is 27.4 Å². The van der Waals surface area contributed by atoms with E-state index in [4.69, 9.17) is 4.74 Å². The number of ether oxygens (including phenoxy) is 1. The van der Waals surface area contributed by atoms with Crippen LogP contribution in [0.4, 0.5) is 11.4 Å². The zero-order chi connectivity index (χ0) is 30.2. The van der Waals surface area contributed by atoms with Crippen LogP contribution in [-0.2, 0) is 27.1 Å². The van der Waals surface area contributed by atoms with Crippen molar-refractivity contribution in [3.63, 3.8) is 0 Å². The smallest absolute Gasteiger partial charge is 0.870 e. The van der Waals surface area contributed by atoms with Crippen molar-refractivity contribution in [2.24, 2.45) is 4.99 Å². The number of aryl methyl sites for hydroxylation is 1. The molecule has 2 aromatic heterocycles. The number of nitrogens with zero attached hydrogens (tertiary/aromatic N) is 4. The zero-order valence-electron chi connectivity index (χ0n) is 23.9. The summed E-state index contributed by atoms with van der Waals surface area (Å²) in [5, 5.41) is 14.6. The number of rotatable bonds is 7. The van der Waals surface area contributed by atoms with Crippen LogP contribution in [-0.4, -0.2) is 31.2 Å². The Kier molecular flexibility index (Phi) is 10.7. The summed E-state index contributed by atoms with van der Waals surface area (Å²) in [5.74, 6) is -0.0313. The molecule has 0 amide bonds. The second-order valence-electron chi connectivity index (χ2n) is 9.45. The number of sulfonamides is 1. The van der Waals surface area contributed by atoms with Gasteiger partial charge in [-0.2, -0.15) is 0 Å². The van der Waals surface area contributed by atoms with Gasteiger partial charge in [-0.15, -0.1) is 5.69 Å². The Morgan fingerprint density at radius 3 is 2.09 bits per heavy atom. The molecule has 44 heavy (non-hydrogen) atoms. The standard InChI is InChI=1S/C22H21N2O4S.C12H8N2.Cu/c1-3-28-21-10-6-7-17(22(21)25)15-23-19-8-4-5-9-20(19)24-29(26,27)18-13-11-16(2)12-14-18;1-3-9-5-6-10-4-2-8-14-12(10)11(9)13-7-1;/h4-15H,3H2,1-2H3,(H,23,25);1-8H;/q-1;;+2/p-1. The van der Waals surface area contributed by atoms with Gasteiger partial charge >= 0.3 is 17.1 Å². The zero-order valence-corrected chi connectivity index (χ0v) is 25.6. The first-order valence-electron chi connectivity index (χ1n) is 13.5. The molecule has 10 heteroatoms. The van der Waals surface area contributed by atoms with Gasteiger partial charge in [-0.1, -0.05) is 78.0 Å². The molecule has 0 saturated heterocycles. The summed E-state index contributed by atoms with van der Waals surface area (Å²) in [5.41, 5.74) is 3.78. The van der Waals surface area contributed by atoms with Gasteiger partial charge in [0.2, 0.25) is 0 Å². The first kappa shape index (κ1) is 32.2. The van der Waals surface area contributed by atoms with Gasteiger partial charge in [-0.3, -0.25) is 15.0 Å². The van der Waals surface area contributed by atoms with Crippen LogP contribution in [0.3, 0.4) is 0 Å². The summed E-state index contributed by atoms with van der Waals surface area (Å²) >= 11 is 0. The Bertz CT molecular complexity index is 1960. The molecule has 0 fully saturated rings. The first-order valence-corrected chi connectivity index (χ1v) is 15.0. The van der Waals surface area contributed by atoms with Gasteiger partial charge in [0.1, 0.15) is 15.8 Å². The van der Waals surface area contributed by atoms with Gasteiger partial charge in [0.05, 0.1) is 22.5 Å².